The molecule has 0 saturated heterocycles. The third kappa shape index (κ3) is 6.89. The zero-order valence-electron chi connectivity index (χ0n) is 24.4. The second kappa shape index (κ2) is 14.1. The van der Waals surface area contributed by atoms with Gasteiger partial charge in [-0.05, 0) is 30.4 Å². The molecule has 2 aromatic rings. The van der Waals surface area contributed by atoms with Crippen LogP contribution in [-0.2, 0) is 15.1 Å². The summed E-state index contributed by atoms with van der Waals surface area (Å²) in [5.74, 6) is -2.75. The van der Waals surface area contributed by atoms with Crippen LogP contribution in [0.15, 0.2) is 36.4 Å². The Morgan fingerprint density at radius 3 is 2.20 bits per heavy atom. The predicted octanol–water partition coefficient (Wildman–Crippen LogP) is 6.96. The van der Waals surface area contributed by atoms with E-state index in [1.807, 2.05) is 20.8 Å². The van der Waals surface area contributed by atoms with E-state index in [9.17, 15) is 29.3 Å². The third-order valence-corrected chi connectivity index (χ3v) is 7.51. The average molecular weight is 565 g/mol. The van der Waals surface area contributed by atoms with Gasteiger partial charge in [0.2, 0.25) is 17.5 Å². The van der Waals surface area contributed by atoms with E-state index in [0.29, 0.717) is 12.8 Å². The first-order valence-corrected chi connectivity index (χ1v) is 14.6. The Kier molecular flexibility index (Phi) is 10.9. The summed E-state index contributed by atoms with van der Waals surface area (Å²) in [6.45, 7) is 8.01. The molecule has 220 valence electrons. The van der Waals surface area contributed by atoms with Gasteiger partial charge in [0.05, 0.1) is 4.92 Å². The van der Waals surface area contributed by atoms with Crippen molar-refractivity contribution in [3.05, 3.63) is 68.8 Å². The van der Waals surface area contributed by atoms with Crippen LogP contribution in [0.5, 0.6) is 5.75 Å². The van der Waals surface area contributed by atoms with Crippen molar-refractivity contribution in [1.82, 2.24) is 5.32 Å². The van der Waals surface area contributed by atoms with Gasteiger partial charge in [-0.15, -0.1) is 0 Å². The summed E-state index contributed by atoms with van der Waals surface area (Å²) in [6, 6.07) is 8.68. The van der Waals surface area contributed by atoms with Crippen molar-refractivity contribution in [2.24, 2.45) is 0 Å². The lowest BCUT2D eigenvalue weighted by molar-refractivity contribution is -0.385. The maximum absolute atomic E-state index is 14.2. The summed E-state index contributed by atoms with van der Waals surface area (Å²) in [4.78, 5) is 65.6. The Bertz CT molecular complexity index is 1320. The molecule has 1 unspecified atom stereocenters. The first-order valence-electron chi connectivity index (χ1n) is 14.6. The van der Waals surface area contributed by atoms with Crippen LogP contribution in [0, 0.1) is 10.1 Å². The maximum Gasteiger partial charge on any atom is 0.311 e. The van der Waals surface area contributed by atoms with Gasteiger partial charge in [0.1, 0.15) is 11.3 Å². The number of amides is 1. The number of carbonyl (C=O) groups is 4. The molecule has 0 spiro atoms. The molecule has 2 aromatic carbocycles. The number of unbranched alkanes of at least 4 members (excludes halogenated alkanes) is 6. The van der Waals surface area contributed by atoms with Crippen molar-refractivity contribution in [2.75, 3.05) is 0 Å². The molecular weight excluding hydrogens is 524 g/mol. The van der Waals surface area contributed by atoms with Crippen LogP contribution in [0.25, 0.3) is 0 Å². The highest BCUT2D eigenvalue weighted by atomic mass is 16.6. The molecule has 1 aliphatic rings. The second-order valence-electron chi connectivity index (χ2n) is 10.9. The molecule has 1 aliphatic carbocycles. The Morgan fingerprint density at radius 2 is 1.59 bits per heavy atom. The van der Waals surface area contributed by atoms with E-state index in [4.69, 9.17) is 4.74 Å². The highest BCUT2D eigenvalue weighted by molar-refractivity contribution is 6.35. The van der Waals surface area contributed by atoms with Crippen LogP contribution in [0.2, 0.25) is 0 Å². The number of hydrogen-bond donors (Lipinski definition) is 1. The zero-order chi connectivity index (χ0) is 30.2. The number of nitro benzene ring substituents is 1. The number of carbonyl (C=O) groups excluding carboxylic acids is 4. The number of ketones is 2. The van der Waals surface area contributed by atoms with Gasteiger partial charge in [-0.25, -0.2) is 0 Å². The van der Waals surface area contributed by atoms with Crippen molar-refractivity contribution >= 4 is 29.1 Å². The van der Waals surface area contributed by atoms with Gasteiger partial charge < -0.3 is 10.1 Å². The first kappa shape index (κ1) is 31.6. The number of nitrogens with one attached hydrogen (secondary N) is 1. The third-order valence-electron chi connectivity index (χ3n) is 7.51. The molecule has 0 radical (unpaired) electrons. The Balaban J connectivity index is 2.15. The molecule has 0 heterocycles. The number of benzene rings is 2. The number of nitro groups is 1. The SMILES string of the molecule is CCCCCCC(=O)NC1(c2ccc(C(C)C)cc2OC(=O)CCCCCC)C(=O)c2cccc([N+](=O)[O-])c2C1=O. The molecule has 1 N–H and O–H groups in total. The summed E-state index contributed by atoms with van der Waals surface area (Å²) < 4.78 is 5.79. The molecule has 1 amide bonds. The van der Waals surface area contributed by atoms with E-state index in [0.717, 1.165) is 50.2 Å². The van der Waals surface area contributed by atoms with E-state index in [2.05, 4.69) is 12.2 Å². The Hall–Kier alpha value is -3.88. The van der Waals surface area contributed by atoms with Gasteiger partial charge in [-0.2, -0.15) is 0 Å². The molecule has 9 nitrogen and oxygen atoms in total. The van der Waals surface area contributed by atoms with Gasteiger partial charge in [0, 0.05) is 30.0 Å². The molecule has 3 rings (SSSR count). The van der Waals surface area contributed by atoms with Crippen molar-refractivity contribution in [3.8, 4) is 5.75 Å². The fraction of sp³-hybridized carbons (Fsp3) is 0.500. The number of Topliss-reactive ketones (excluding diaryl/α,β-unsaturated/α-hetero) is 2. The van der Waals surface area contributed by atoms with Crippen LogP contribution < -0.4 is 10.1 Å². The van der Waals surface area contributed by atoms with Crippen molar-refractivity contribution < 1.29 is 28.8 Å². The van der Waals surface area contributed by atoms with E-state index in [-0.39, 0.29) is 41.2 Å². The van der Waals surface area contributed by atoms with Gasteiger partial charge in [-0.3, -0.25) is 29.3 Å². The number of rotatable bonds is 15. The summed E-state index contributed by atoms with van der Waals surface area (Å²) >= 11 is 0. The molecular formula is C32H40N2O7. The molecule has 0 aliphatic heterocycles. The summed E-state index contributed by atoms with van der Waals surface area (Å²) in [7, 11) is 0. The van der Waals surface area contributed by atoms with E-state index in [1.165, 1.54) is 18.2 Å². The van der Waals surface area contributed by atoms with Crippen molar-refractivity contribution in [1.29, 1.82) is 0 Å². The highest BCUT2D eigenvalue weighted by Gasteiger charge is 2.59. The smallest absolute Gasteiger partial charge is 0.311 e. The minimum Gasteiger partial charge on any atom is -0.426 e. The van der Waals surface area contributed by atoms with Gasteiger partial charge >= 0.3 is 5.97 Å². The van der Waals surface area contributed by atoms with Gasteiger partial charge in [0.25, 0.3) is 5.69 Å². The standard InChI is InChI=1S/C32H40N2O7/c1-5-7-9-11-16-27(35)33-32(30(37)23-14-13-15-25(34(39)40)29(23)31(32)38)24-19-18-22(21(3)4)20-26(24)41-28(36)17-12-10-8-6-2/h13-15,18-21H,5-12,16-17H2,1-4H3,(H,33,35). The summed E-state index contributed by atoms with van der Waals surface area (Å²) in [5.41, 5.74) is -2.55. The fourth-order valence-corrected chi connectivity index (χ4v) is 5.18. The lowest BCUT2D eigenvalue weighted by atomic mass is 9.82. The molecule has 0 fully saturated rings. The van der Waals surface area contributed by atoms with Crippen LogP contribution in [0.3, 0.4) is 0 Å². The molecule has 0 saturated carbocycles. The topological polar surface area (TPSA) is 133 Å². The lowest BCUT2D eigenvalue weighted by Crippen LogP contribution is -2.54. The monoisotopic (exact) mass is 564 g/mol. The minimum absolute atomic E-state index is 0.00813. The molecule has 0 aromatic heterocycles. The number of fused-ring (bicyclic) bond motifs is 1. The quantitative estimate of drug-likeness (QED) is 0.0617. The van der Waals surface area contributed by atoms with Crippen molar-refractivity contribution in [2.45, 2.75) is 103 Å². The first-order chi connectivity index (χ1) is 19.6. The van der Waals surface area contributed by atoms with Crippen LogP contribution in [-0.4, -0.2) is 28.4 Å². The number of ether oxygens (including phenoxy) is 1. The summed E-state index contributed by atoms with van der Waals surface area (Å²) in [6.07, 6.45) is 6.94. The number of esters is 1. The highest BCUT2D eigenvalue weighted by Crippen LogP contribution is 2.45. The molecule has 41 heavy (non-hydrogen) atoms. The maximum atomic E-state index is 14.2. The van der Waals surface area contributed by atoms with Gasteiger partial charge in [0.15, 0.2) is 5.54 Å². The normalized spacial score (nSPS) is 16.1. The fourth-order valence-electron chi connectivity index (χ4n) is 5.18. The predicted molar refractivity (Wildman–Crippen MR) is 155 cm³/mol. The Labute approximate surface area is 241 Å². The van der Waals surface area contributed by atoms with E-state index in [1.54, 1.807) is 12.1 Å². The van der Waals surface area contributed by atoms with Crippen molar-refractivity contribution in [3.63, 3.8) is 0 Å². The lowest BCUT2D eigenvalue weighted by Gasteiger charge is -2.30. The number of hydrogen-bond acceptors (Lipinski definition) is 7. The van der Waals surface area contributed by atoms with Crippen LogP contribution in [0.1, 0.15) is 130 Å². The molecule has 0 bridgehead atoms. The van der Waals surface area contributed by atoms with E-state index < -0.39 is 39.6 Å². The largest absolute Gasteiger partial charge is 0.426 e. The Morgan fingerprint density at radius 1 is 0.927 bits per heavy atom. The molecule has 9 heteroatoms. The van der Waals surface area contributed by atoms with Crippen LogP contribution in [0.4, 0.5) is 5.69 Å². The van der Waals surface area contributed by atoms with Crippen LogP contribution >= 0.6 is 0 Å². The second-order valence-corrected chi connectivity index (χ2v) is 10.9. The van der Waals surface area contributed by atoms with Gasteiger partial charge in [-0.1, -0.05) is 90.5 Å². The molecule has 1 atom stereocenters. The van der Waals surface area contributed by atoms with E-state index >= 15 is 0 Å². The summed E-state index contributed by atoms with van der Waals surface area (Å²) in [5, 5.41) is 14.5. The average Bonchev–Trinajstić information content (AvgIpc) is 3.15. The zero-order valence-corrected chi connectivity index (χ0v) is 24.4. The minimum atomic E-state index is -2.30. The number of nitrogens with zero attached hydrogens (tertiary/aromatic N) is 1.